The molecule has 1 saturated heterocycles. The van der Waals surface area contributed by atoms with Crippen LogP contribution in [0.3, 0.4) is 0 Å². The van der Waals surface area contributed by atoms with Crippen molar-refractivity contribution in [3.8, 4) is 0 Å². The molecule has 2 aromatic rings. The number of hydrogen-bond donors (Lipinski definition) is 1. The first-order valence-electron chi connectivity index (χ1n) is 9.76. The third kappa shape index (κ3) is 3.97. The lowest BCUT2D eigenvalue weighted by molar-refractivity contribution is -0.139. The fourth-order valence-corrected chi connectivity index (χ4v) is 5.82. The number of hydrogen-bond acceptors (Lipinski definition) is 4. The lowest BCUT2D eigenvalue weighted by Crippen LogP contribution is -2.58. The van der Waals surface area contributed by atoms with E-state index in [1.165, 1.54) is 28.6 Å². The summed E-state index contributed by atoms with van der Waals surface area (Å²) < 4.78 is 46.1. The monoisotopic (exact) mass is 452 g/mol. The molecule has 1 atom stereocenters. The molecule has 0 spiro atoms. The number of carbonyl (C=O) groups excluding carboxylic acids is 1. The van der Waals surface area contributed by atoms with Gasteiger partial charge in [-0.1, -0.05) is 35.9 Å². The van der Waals surface area contributed by atoms with Gasteiger partial charge in [-0.3, -0.25) is 4.79 Å². The molecule has 0 radical (unpaired) electrons. The van der Waals surface area contributed by atoms with Crippen LogP contribution in [0, 0.1) is 5.82 Å². The average Bonchev–Trinajstić information content (AvgIpc) is 2.71. The number of nitrogens with zero attached hydrogens (tertiary/aromatic N) is 1. The molecule has 6 nitrogen and oxygen atoms in total. The van der Waals surface area contributed by atoms with Gasteiger partial charge in [-0.15, -0.1) is 0 Å². The zero-order chi connectivity index (χ0) is 21.4. The summed E-state index contributed by atoms with van der Waals surface area (Å²) in [7, 11) is -3.85. The number of benzene rings is 2. The molecule has 1 unspecified atom stereocenters. The third-order valence-corrected chi connectivity index (χ3v) is 8.11. The molecular weight excluding hydrogens is 431 g/mol. The Kier molecular flexibility index (Phi) is 5.85. The van der Waals surface area contributed by atoms with Crippen molar-refractivity contribution in [2.24, 2.45) is 0 Å². The van der Waals surface area contributed by atoms with Crippen molar-refractivity contribution in [1.82, 2.24) is 9.62 Å². The van der Waals surface area contributed by atoms with Gasteiger partial charge in [0.15, 0.2) is 0 Å². The number of carbonyl (C=O) groups is 1. The highest BCUT2D eigenvalue weighted by molar-refractivity contribution is 7.89. The summed E-state index contributed by atoms with van der Waals surface area (Å²) in [6.45, 7) is 0.143. The Labute approximate surface area is 180 Å². The van der Waals surface area contributed by atoms with Crippen LogP contribution in [0.15, 0.2) is 53.4 Å². The Bertz CT molecular complexity index is 1040. The van der Waals surface area contributed by atoms with E-state index in [2.05, 4.69) is 5.32 Å². The van der Waals surface area contributed by atoms with Gasteiger partial charge in [0.1, 0.15) is 16.8 Å². The summed E-state index contributed by atoms with van der Waals surface area (Å²) in [4.78, 5) is 13.0. The van der Waals surface area contributed by atoms with E-state index in [1.807, 2.05) is 0 Å². The molecule has 1 amide bonds. The minimum absolute atomic E-state index is 0.00880. The van der Waals surface area contributed by atoms with Gasteiger partial charge >= 0.3 is 0 Å². The lowest BCUT2D eigenvalue weighted by atomic mass is 9.71. The number of amides is 1. The first kappa shape index (κ1) is 21.2. The molecule has 1 N–H and O–H groups in total. The van der Waals surface area contributed by atoms with Crippen molar-refractivity contribution < 1.29 is 22.3 Å². The van der Waals surface area contributed by atoms with E-state index in [1.54, 1.807) is 24.3 Å². The first-order chi connectivity index (χ1) is 14.3. The quantitative estimate of drug-likeness (QED) is 0.756. The maximum Gasteiger partial charge on any atom is 0.251 e. The third-order valence-electron chi connectivity index (χ3n) is 5.74. The zero-order valence-corrected chi connectivity index (χ0v) is 17.8. The van der Waals surface area contributed by atoms with E-state index < -0.39 is 21.7 Å². The van der Waals surface area contributed by atoms with Crippen molar-refractivity contribution in [2.75, 3.05) is 19.7 Å². The standard InChI is InChI=1S/C21H22ClFN2O4S/c22-17-4-1-2-5-19(17)30(27,28)25-12-13-29-18(14-25)20(26)24-21(10-3-11-21)15-6-8-16(23)9-7-15/h1-2,4-9,18H,3,10-14H2,(H,24,26). The highest BCUT2D eigenvalue weighted by Crippen LogP contribution is 2.41. The molecule has 4 rings (SSSR count). The summed E-state index contributed by atoms with van der Waals surface area (Å²) in [5.74, 6) is -0.714. The van der Waals surface area contributed by atoms with Gasteiger partial charge in [0, 0.05) is 13.1 Å². The van der Waals surface area contributed by atoms with Gasteiger partial charge in [0.25, 0.3) is 5.91 Å². The fourth-order valence-electron chi connectivity index (χ4n) is 3.90. The molecule has 9 heteroatoms. The number of sulfonamides is 1. The maximum absolute atomic E-state index is 13.3. The summed E-state index contributed by atoms with van der Waals surface area (Å²) in [6.07, 6.45) is 1.47. The maximum atomic E-state index is 13.3. The Hall–Kier alpha value is -2.00. The normalized spacial score (nSPS) is 21.6. The fraction of sp³-hybridized carbons (Fsp3) is 0.381. The predicted molar refractivity (Wildman–Crippen MR) is 110 cm³/mol. The topological polar surface area (TPSA) is 75.7 Å². The molecule has 1 heterocycles. The molecule has 0 bridgehead atoms. The van der Waals surface area contributed by atoms with E-state index in [0.717, 1.165) is 24.8 Å². The number of halogens is 2. The molecular formula is C21H22ClFN2O4S. The van der Waals surface area contributed by atoms with E-state index in [4.69, 9.17) is 16.3 Å². The Morgan fingerprint density at radius 1 is 1.17 bits per heavy atom. The average molecular weight is 453 g/mol. The highest BCUT2D eigenvalue weighted by atomic mass is 35.5. The van der Waals surface area contributed by atoms with Crippen molar-refractivity contribution in [1.29, 1.82) is 0 Å². The molecule has 30 heavy (non-hydrogen) atoms. The summed E-state index contributed by atoms with van der Waals surface area (Å²) in [6, 6.07) is 12.3. The van der Waals surface area contributed by atoms with Crippen molar-refractivity contribution >= 4 is 27.5 Å². The first-order valence-corrected chi connectivity index (χ1v) is 11.6. The minimum atomic E-state index is -3.85. The minimum Gasteiger partial charge on any atom is -0.366 e. The van der Waals surface area contributed by atoms with E-state index in [0.29, 0.717) is 0 Å². The van der Waals surface area contributed by atoms with Gasteiger partial charge < -0.3 is 10.1 Å². The van der Waals surface area contributed by atoms with E-state index >= 15 is 0 Å². The molecule has 1 aliphatic heterocycles. The van der Waals surface area contributed by atoms with Crippen LogP contribution in [0.5, 0.6) is 0 Å². The van der Waals surface area contributed by atoms with Gasteiger partial charge in [-0.2, -0.15) is 4.31 Å². The summed E-state index contributed by atoms with van der Waals surface area (Å²) in [5.41, 5.74) is 0.262. The summed E-state index contributed by atoms with van der Waals surface area (Å²) >= 11 is 6.08. The smallest absolute Gasteiger partial charge is 0.251 e. The molecule has 1 aliphatic carbocycles. The van der Waals surface area contributed by atoms with Crippen LogP contribution in [-0.2, 0) is 25.1 Å². The van der Waals surface area contributed by atoms with Crippen molar-refractivity contribution in [3.63, 3.8) is 0 Å². The van der Waals surface area contributed by atoms with E-state index in [-0.39, 0.29) is 41.3 Å². The number of ether oxygens (including phenoxy) is 1. The predicted octanol–water partition coefficient (Wildman–Crippen LogP) is 3.06. The molecule has 160 valence electrons. The van der Waals surface area contributed by atoms with Crippen LogP contribution in [0.25, 0.3) is 0 Å². The van der Waals surface area contributed by atoms with E-state index in [9.17, 15) is 17.6 Å². The second-order valence-corrected chi connectivity index (χ2v) is 9.90. The molecule has 2 aromatic carbocycles. The second kappa shape index (κ2) is 8.26. The van der Waals surface area contributed by atoms with Crippen LogP contribution >= 0.6 is 11.6 Å². The number of rotatable bonds is 5. The highest BCUT2D eigenvalue weighted by Gasteiger charge is 2.43. The Balaban J connectivity index is 1.50. The number of morpholine rings is 1. The van der Waals surface area contributed by atoms with Gasteiger partial charge in [-0.25, -0.2) is 12.8 Å². The van der Waals surface area contributed by atoms with Crippen LogP contribution in [0.2, 0.25) is 5.02 Å². The lowest BCUT2D eigenvalue weighted by Gasteiger charge is -2.44. The van der Waals surface area contributed by atoms with Crippen LogP contribution < -0.4 is 5.32 Å². The summed E-state index contributed by atoms with van der Waals surface area (Å²) in [5, 5.41) is 3.16. The van der Waals surface area contributed by atoms with Crippen molar-refractivity contribution in [2.45, 2.75) is 35.8 Å². The molecule has 1 saturated carbocycles. The van der Waals surface area contributed by atoms with Gasteiger partial charge in [0.05, 0.1) is 17.2 Å². The van der Waals surface area contributed by atoms with Crippen molar-refractivity contribution in [3.05, 3.63) is 64.9 Å². The van der Waals surface area contributed by atoms with Crippen LogP contribution in [0.4, 0.5) is 4.39 Å². The van der Waals surface area contributed by atoms with Gasteiger partial charge in [0.2, 0.25) is 10.0 Å². The van der Waals surface area contributed by atoms with Gasteiger partial charge in [-0.05, 0) is 49.1 Å². The Morgan fingerprint density at radius 3 is 2.50 bits per heavy atom. The molecule has 2 fully saturated rings. The van der Waals surface area contributed by atoms with Crippen LogP contribution in [-0.4, -0.2) is 44.4 Å². The molecule has 0 aromatic heterocycles. The number of nitrogens with one attached hydrogen (secondary N) is 1. The van der Waals surface area contributed by atoms with Crippen LogP contribution in [0.1, 0.15) is 24.8 Å². The Morgan fingerprint density at radius 2 is 1.87 bits per heavy atom. The SMILES string of the molecule is O=C(NC1(c2ccc(F)cc2)CCC1)C1CN(S(=O)(=O)c2ccccc2Cl)CCO1. The zero-order valence-electron chi connectivity index (χ0n) is 16.2. The largest absolute Gasteiger partial charge is 0.366 e. The second-order valence-electron chi connectivity index (χ2n) is 7.58. The molecule has 2 aliphatic rings.